The third-order valence-corrected chi connectivity index (χ3v) is 5.83. The highest BCUT2D eigenvalue weighted by Crippen LogP contribution is 2.27. The zero-order valence-corrected chi connectivity index (χ0v) is 22.9. The number of anilines is 1. The molecule has 10 heteroatoms. The number of nitriles is 1. The quantitative estimate of drug-likeness (QED) is 0.333. The van der Waals surface area contributed by atoms with Gasteiger partial charge < -0.3 is 25.0 Å². The van der Waals surface area contributed by atoms with Gasteiger partial charge in [-0.25, -0.2) is 4.79 Å². The minimum atomic E-state index is -1.16. The largest absolute Gasteiger partial charge is 0.497 e. The zero-order valence-electron chi connectivity index (χ0n) is 22.0. The molecule has 0 radical (unpaired) electrons. The number of alkyl carbamates (subject to hydrolysis) is 1. The molecule has 0 bridgehead atoms. The van der Waals surface area contributed by atoms with Crippen molar-refractivity contribution in [3.8, 4) is 11.8 Å². The van der Waals surface area contributed by atoms with Gasteiger partial charge in [-0.1, -0.05) is 18.2 Å². The van der Waals surface area contributed by atoms with Crippen molar-refractivity contribution in [2.24, 2.45) is 0 Å². The van der Waals surface area contributed by atoms with Crippen LogP contribution in [0.5, 0.6) is 5.75 Å². The van der Waals surface area contributed by atoms with Crippen LogP contribution in [0.3, 0.4) is 0 Å². The van der Waals surface area contributed by atoms with Crippen LogP contribution < -0.4 is 15.4 Å². The summed E-state index contributed by atoms with van der Waals surface area (Å²) in [5, 5.41) is 14.9. The van der Waals surface area contributed by atoms with Gasteiger partial charge in [-0.05, 0) is 75.6 Å². The predicted molar refractivity (Wildman–Crippen MR) is 145 cm³/mol. The molecule has 0 aliphatic heterocycles. The zero-order chi connectivity index (χ0) is 27.8. The second kappa shape index (κ2) is 13.0. The molecule has 2 aromatic carbocycles. The molecule has 37 heavy (non-hydrogen) atoms. The van der Waals surface area contributed by atoms with E-state index in [2.05, 4.69) is 23.3 Å². The standard InChI is InChI=1S/C27H34N4O5S/c1-17-7-8-19(15-18(17)2)23(24(32)29-20-9-11-21(35-6)12-10-20)31(14-13-28)25(33)22(16-37)30-26(34)36-27(3,4)5/h7-12,15,22-23,37H,14,16H2,1-6H3,(H,29,32)(H,30,34). The lowest BCUT2D eigenvalue weighted by molar-refractivity contribution is -0.139. The number of methoxy groups -OCH3 is 1. The van der Waals surface area contributed by atoms with Crippen molar-refractivity contribution in [3.63, 3.8) is 0 Å². The molecule has 0 aliphatic rings. The van der Waals surface area contributed by atoms with Crippen molar-refractivity contribution in [1.29, 1.82) is 5.26 Å². The van der Waals surface area contributed by atoms with E-state index in [4.69, 9.17) is 9.47 Å². The van der Waals surface area contributed by atoms with E-state index < -0.39 is 42.1 Å². The van der Waals surface area contributed by atoms with E-state index in [-0.39, 0.29) is 5.75 Å². The fourth-order valence-corrected chi connectivity index (χ4v) is 3.75. The SMILES string of the molecule is COc1ccc(NC(=O)C(c2ccc(C)c(C)c2)N(CC#N)C(=O)C(CS)NC(=O)OC(C)(C)C)cc1. The molecule has 0 heterocycles. The van der Waals surface area contributed by atoms with Gasteiger partial charge in [-0.2, -0.15) is 17.9 Å². The first-order valence-electron chi connectivity index (χ1n) is 11.7. The summed E-state index contributed by atoms with van der Waals surface area (Å²) in [5.41, 5.74) is 2.16. The second-order valence-electron chi connectivity index (χ2n) is 9.47. The summed E-state index contributed by atoms with van der Waals surface area (Å²) >= 11 is 4.23. The van der Waals surface area contributed by atoms with Gasteiger partial charge in [0.05, 0.1) is 13.2 Å². The number of benzene rings is 2. The summed E-state index contributed by atoms with van der Waals surface area (Å²) in [4.78, 5) is 40.8. The molecule has 3 amide bonds. The average Bonchev–Trinajstić information content (AvgIpc) is 2.83. The van der Waals surface area contributed by atoms with Gasteiger partial charge in [0, 0.05) is 11.4 Å². The number of nitrogens with one attached hydrogen (secondary N) is 2. The highest BCUT2D eigenvalue weighted by Gasteiger charge is 2.36. The number of thiol groups is 1. The minimum absolute atomic E-state index is 0.0697. The van der Waals surface area contributed by atoms with E-state index in [1.54, 1.807) is 51.1 Å². The number of rotatable bonds is 9. The number of aryl methyl sites for hydroxylation is 2. The minimum Gasteiger partial charge on any atom is -0.497 e. The number of ether oxygens (including phenoxy) is 2. The van der Waals surface area contributed by atoms with Crippen LogP contribution in [0.1, 0.15) is 43.5 Å². The Hall–Kier alpha value is -3.71. The smallest absolute Gasteiger partial charge is 0.408 e. The summed E-state index contributed by atoms with van der Waals surface area (Å²) in [7, 11) is 1.54. The van der Waals surface area contributed by atoms with E-state index in [1.165, 1.54) is 7.11 Å². The predicted octanol–water partition coefficient (Wildman–Crippen LogP) is 4.17. The summed E-state index contributed by atoms with van der Waals surface area (Å²) < 4.78 is 10.4. The Morgan fingerprint density at radius 2 is 1.73 bits per heavy atom. The first-order chi connectivity index (χ1) is 17.4. The lowest BCUT2D eigenvalue weighted by atomic mass is 9.98. The Labute approximate surface area is 223 Å². The van der Waals surface area contributed by atoms with E-state index in [0.29, 0.717) is 17.0 Å². The third-order valence-electron chi connectivity index (χ3n) is 5.46. The topological polar surface area (TPSA) is 121 Å². The van der Waals surface area contributed by atoms with Crippen molar-refractivity contribution in [2.75, 3.05) is 24.7 Å². The van der Waals surface area contributed by atoms with E-state index >= 15 is 0 Å². The van der Waals surface area contributed by atoms with Crippen LogP contribution in [0.25, 0.3) is 0 Å². The molecular weight excluding hydrogens is 492 g/mol. The van der Waals surface area contributed by atoms with Crippen LogP contribution in [0.4, 0.5) is 10.5 Å². The Morgan fingerprint density at radius 3 is 2.24 bits per heavy atom. The molecule has 0 saturated carbocycles. The molecule has 9 nitrogen and oxygen atoms in total. The van der Waals surface area contributed by atoms with Crippen molar-refractivity contribution < 1.29 is 23.9 Å². The first-order valence-corrected chi connectivity index (χ1v) is 12.3. The highest BCUT2D eigenvalue weighted by atomic mass is 32.1. The fraction of sp³-hybridized carbons (Fsp3) is 0.407. The maximum Gasteiger partial charge on any atom is 0.408 e. The van der Waals surface area contributed by atoms with Gasteiger partial charge in [-0.15, -0.1) is 0 Å². The third kappa shape index (κ3) is 8.43. The van der Waals surface area contributed by atoms with Crippen LogP contribution in [0.15, 0.2) is 42.5 Å². The Morgan fingerprint density at radius 1 is 1.08 bits per heavy atom. The van der Waals surface area contributed by atoms with Gasteiger partial charge in [-0.3, -0.25) is 9.59 Å². The monoisotopic (exact) mass is 526 g/mol. The van der Waals surface area contributed by atoms with Crippen LogP contribution >= 0.6 is 12.6 Å². The molecule has 2 aromatic rings. The van der Waals surface area contributed by atoms with Crippen molar-refractivity contribution >= 4 is 36.2 Å². The molecule has 0 fully saturated rings. The second-order valence-corrected chi connectivity index (χ2v) is 9.83. The van der Waals surface area contributed by atoms with Crippen molar-refractivity contribution in [3.05, 3.63) is 59.2 Å². The number of carbonyl (C=O) groups excluding carboxylic acids is 3. The molecular formula is C27H34N4O5S. The molecule has 0 aliphatic carbocycles. The first kappa shape index (κ1) is 29.5. The normalized spacial score (nSPS) is 12.5. The molecule has 198 valence electrons. The van der Waals surface area contributed by atoms with Gasteiger partial charge in [0.1, 0.15) is 30.0 Å². The molecule has 0 spiro atoms. The van der Waals surface area contributed by atoms with E-state index in [9.17, 15) is 19.6 Å². The Kier molecular flexibility index (Phi) is 10.4. The summed E-state index contributed by atoms with van der Waals surface area (Å²) in [5.74, 6) is -0.614. The molecule has 2 unspecified atom stereocenters. The van der Waals surface area contributed by atoms with Crippen molar-refractivity contribution in [2.45, 2.75) is 52.3 Å². The highest BCUT2D eigenvalue weighted by molar-refractivity contribution is 7.80. The number of hydrogen-bond donors (Lipinski definition) is 3. The van der Waals surface area contributed by atoms with Gasteiger partial charge in [0.25, 0.3) is 5.91 Å². The molecule has 2 N–H and O–H groups in total. The van der Waals surface area contributed by atoms with E-state index in [0.717, 1.165) is 16.0 Å². The van der Waals surface area contributed by atoms with Crippen LogP contribution in [0.2, 0.25) is 0 Å². The van der Waals surface area contributed by atoms with Crippen LogP contribution in [-0.2, 0) is 14.3 Å². The molecule has 2 atom stereocenters. The lowest BCUT2D eigenvalue weighted by Gasteiger charge is -2.32. The lowest BCUT2D eigenvalue weighted by Crippen LogP contribution is -2.53. The van der Waals surface area contributed by atoms with Gasteiger partial charge >= 0.3 is 6.09 Å². The van der Waals surface area contributed by atoms with Gasteiger partial charge in [0.2, 0.25) is 5.91 Å². The van der Waals surface area contributed by atoms with E-state index in [1.807, 2.05) is 32.0 Å². The summed E-state index contributed by atoms with van der Waals surface area (Å²) in [6.45, 7) is 8.54. The number of hydrogen-bond acceptors (Lipinski definition) is 7. The maximum absolute atomic E-state index is 13.6. The molecule has 0 saturated heterocycles. The average molecular weight is 527 g/mol. The maximum atomic E-state index is 13.6. The van der Waals surface area contributed by atoms with Crippen molar-refractivity contribution in [1.82, 2.24) is 10.2 Å². The number of amides is 3. The molecule has 2 rings (SSSR count). The number of carbonyl (C=O) groups is 3. The Balaban J connectivity index is 2.47. The van der Waals surface area contributed by atoms with Gasteiger partial charge in [0.15, 0.2) is 0 Å². The summed E-state index contributed by atoms with van der Waals surface area (Å²) in [6.07, 6.45) is -0.803. The number of nitrogens with zero attached hydrogens (tertiary/aromatic N) is 2. The fourth-order valence-electron chi connectivity index (χ4n) is 3.50. The molecule has 0 aromatic heterocycles. The Bertz CT molecular complexity index is 1150. The van der Waals surface area contributed by atoms with Crippen LogP contribution in [-0.4, -0.2) is 53.9 Å². The van der Waals surface area contributed by atoms with Crippen LogP contribution in [0, 0.1) is 25.2 Å². The summed E-state index contributed by atoms with van der Waals surface area (Å²) in [6, 6.07) is 11.8.